The van der Waals surface area contributed by atoms with Gasteiger partial charge in [-0.2, -0.15) is 9.97 Å². The van der Waals surface area contributed by atoms with Crippen molar-refractivity contribution in [2.45, 2.75) is 43.3 Å². The summed E-state index contributed by atoms with van der Waals surface area (Å²) in [5.41, 5.74) is 1.86. The molecule has 262 valence electrons. The summed E-state index contributed by atoms with van der Waals surface area (Å²) in [5, 5.41) is 11.0. The number of hydrogen-bond acceptors (Lipinski definition) is 9. The average molecular weight is 695 g/mol. The van der Waals surface area contributed by atoms with Gasteiger partial charge in [0.25, 0.3) is 0 Å². The van der Waals surface area contributed by atoms with Gasteiger partial charge in [-0.3, -0.25) is 14.8 Å². The fourth-order valence-corrected chi connectivity index (χ4v) is 8.51. The summed E-state index contributed by atoms with van der Waals surface area (Å²) < 4.78 is 49.4. The molecule has 1 amide bonds. The van der Waals surface area contributed by atoms with Gasteiger partial charge in [0.15, 0.2) is 12.6 Å². The van der Waals surface area contributed by atoms with Crippen LogP contribution in [0.15, 0.2) is 54.8 Å². The highest BCUT2D eigenvalue weighted by Gasteiger charge is 2.48. The summed E-state index contributed by atoms with van der Waals surface area (Å²) in [5.74, 6) is 1.74. The number of ether oxygens (including phenoxy) is 3. The summed E-state index contributed by atoms with van der Waals surface area (Å²) in [6.07, 6.45) is 9.20. The molecule has 51 heavy (non-hydrogen) atoms. The van der Waals surface area contributed by atoms with Crippen molar-refractivity contribution >= 4 is 33.6 Å². The highest BCUT2D eigenvalue weighted by atomic mass is 19.1. The van der Waals surface area contributed by atoms with E-state index in [1.54, 1.807) is 18.2 Å². The van der Waals surface area contributed by atoms with E-state index >= 15 is 8.78 Å². The molecule has 2 aromatic carbocycles. The number of carbonyl (C=O) groups is 1. The molecule has 8 rings (SSSR count). The van der Waals surface area contributed by atoms with Crippen molar-refractivity contribution in [2.75, 3.05) is 51.6 Å². The molecule has 11 nitrogen and oxygen atoms in total. The molecular formula is C38H36F2N6O5. The van der Waals surface area contributed by atoms with Crippen molar-refractivity contribution in [3.63, 3.8) is 0 Å². The number of halogens is 2. The van der Waals surface area contributed by atoms with Crippen LogP contribution >= 0.6 is 0 Å². The number of pyridine rings is 1. The first kappa shape index (κ1) is 32.9. The Kier molecular flexibility index (Phi) is 8.03. The van der Waals surface area contributed by atoms with Crippen LogP contribution in [0.2, 0.25) is 0 Å². The SMILES string of the molecule is C#Cc1c(F)ccc2cc(OCOC)cc(-c3ncc4c(N5C[C@H]6CC[C@@H](C5)N6C(=O)O)nc(OCC56CC(=C)CN5CC(=C)C6)nc4c3F)c12. The molecule has 2 bridgehead atoms. The third-order valence-electron chi connectivity index (χ3n) is 10.6. The molecule has 0 unspecified atom stereocenters. The smallest absolute Gasteiger partial charge is 0.407 e. The van der Waals surface area contributed by atoms with E-state index in [2.05, 4.69) is 33.9 Å². The van der Waals surface area contributed by atoms with E-state index in [0.29, 0.717) is 53.7 Å². The van der Waals surface area contributed by atoms with Crippen molar-refractivity contribution < 1.29 is 32.9 Å². The number of carboxylic acid groups (broad SMARTS) is 1. The molecule has 4 fully saturated rings. The fourth-order valence-electron chi connectivity index (χ4n) is 8.51. The maximum absolute atomic E-state index is 17.2. The van der Waals surface area contributed by atoms with E-state index in [1.165, 1.54) is 24.3 Å². The maximum atomic E-state index is 17.2. The van der Waals surface area contributed by atoms with Crippen LogP contribution < -0.4 is 14.4 Å². The van der Waals surface area contributed by atoms with Crippen molar-refractivity contribution in [2.24, 2.45) is 0 Å². The van der Waals surface area contributed by atoms with Crippen molar-refractivity contribution in [1.82, 2.24) is 24.8 Å². The van der Waals surface area contributed by atoms with Gasteiger partial charge in [0.1, 0.15) is 35.2 Å². The van der Waals surface area contributed by atoms with Crippen LogP contribution in [0.4, 0.5) is 19.4 Å². The first-order chi connectivity index (χ1) is 24.6. The van der Waals surface area contributed by atoms with Gasteiger partial charge in [-0.05, 0) is 49.3 Å². The van der Waals surface area contributed by atoms with E-state index in [-0.39, 0.29) is 59.4 Å². The highest BCUT2D eigenvalue weighted by Crippen LogP contribution is 2.44. The van der Waals surface area contributed by atoms with E-state index in [1.807, 2.05) is 4.90 Å². The van der Waals surface area contributed by atoms with Crippen LogP contribution in [0.3, 0.4) is 0 Å². The quantitative estimate of drug-likeness (QED) is 0.139. The summed E-state index contributed by atoms with van der Waals surface area (Å²) in [7, 11) is 1.48. The molecular weight excluding hydrogens is 658 g/mol. The molecule has 0 saturated carbocycles. The van der Waals surface area contributed by atoms with Gasteiger partial charge in [-0.1, -0.05) is 36.3 Å². The predicted molar refractivity (Wildman–Crippen MR) is 187 cm³/mol. The lowest BCUT2D eigenvalue weighted by atomic mass is 9.92. The van der Waals surface area contributed by atoms with Crippen LogP contribution in [0.5, 0.6) is 11.8 Å². The van der Waals surface area contributed by atoms with Crippen LogP contribution in [0, 0.1) is 24.0 Å². The molecule has 13 heteroatoms. The number of aromatic nitrogens is 3. The second-order valence-corrected chi connectivity index (χ2v) is 13.9. The van der Waals surface area contributed by atoms with Crippen molar-refractivity contribution in [3.05, 3.63) is 72.0 Å². The molecule has 2 atom stereocenters. The maximum Gasteiger partial charge on any atom is 0.407 e. The number of methoxy groups -OCH3 is 1. The Morgan fingerprint density at radius 3 is 2.49 bits per heavy atom. The standard InChI is InChI=1S/C38H36F2N6O5/c1-5-27-30(39)9-6-23-10-26(51-20-49-4)11-28(31(23)27)33-32(40)34-29(14-41-33)35(44-17-24-7-8-25(18-44)46(24)37(47)48)43-36(42-34)50-19-38-12-21(2)15-45(38)16-22(3)13-38/h1,6,9-11,14,24-25H,2-3,7-8,12-13,15-20H2,4H3,(H,47,48)/t24-,25+. The lowest BCUT2D eigenvalue weighted by Gasteiger charge is -2.40. The van der Waals surface area contributed by atoms with Gasteiger partial charge in [0, 0.05) is 50.4 Å². The summed E-state index contributed by atoms with van der Waals surface area (Å²) in [6, 6.07) is 5.51. The van der Waals surface area contributed by atoms with E-state index in [4.69, 9.17) is 25.6 Å². The topological polar surface area (TPSA) is 113 Å². The van der Waals surface area contributed by atoms with E-state index < -0.39 is 17.7 Å². The lowest BCUT2D eigenvalue weighted by Crippen LogP contribution is -2.55. The second-order valence-electron chi connectivity index (χ2n) is 13.9. The minimum absolute atomic E-state index is 0.0247. The molecule has 4 aromatic rings. The Bertz CT molecular complexity index is 2150. The van der Waals surface area contributed by atoms with E-state index in [9.17, 15) is 9.90 Å². The number of hydrogen-bond donors (Lipinski definition) is 1. The Morgan fingerprint density at radius 1 is 1.10 bits per heavy atom. The molecule has 2 aromatic heterocycles. The van der Waals surface area contributed by atoms with E-state index in [0.717, 1.165) is 37.1 Å². The highest BCUT2D eigenvalue weighted by molar-refractivity contribution is 6.03. The molecule has 4 saturated heterocycles. The third-order valence-corrected chi connectivity index (χ3v) is 10.6. The van der Waals surface area contributed by atoms with Gasteiger partial charge < -0.3 is 24.2 Å². The molecule has 6 heterocycles. The van der Waals surface area contributed by atoms with Crippen LogP contribution in [0.1, 0.15) is 31.2 Å². The second kappa shape index (κ2) is 12.5. The minimum atomic E-state index is -0.956. The van der Waals surface area contributed by atoms with Crippen molar-refractivity contribution in [3.8, 4) is 35.4 Å². The zero-order valence-electron chi connectivity index (χ0n) is 28.1. The Labute approximate surface area is 293 Å². The summed E-state index contributed by atoms with van der Waals surface area (Å²) in [6.45, 7) is 10.8. The van der Waals surface area contributed by atoms with Gasteiger partial charge in [0.05, 0.1) is 28.6 Å². The zero-order chi connectivity index (χ0) is 35.6. The zero-order valence-corrected chi connectivity index (χ0v) is 28.1. The van der Waals surface area contributed by atoms with Crippen LogP contribution in [-0.2, 0) is 4.74 Å². The average Bonchev–Trinajstić information content (AvgIpc) is 3.68. The molecule has 4 aliphatic heterocycles. The van der Waals surface area contributed by atoms with Gasteiger partial charge >= 0.3 is 12.1 Å². The number of piperazine rings is 1. The number of fused-ring (bicyclic) bond motifs is 5. The Hall–Kier alpha value is -5.32. The molecule has 0 aliphatic carbocycles. The molecule has 4 aliphatic rings. The monoisotopic (exact) mass is 694 g/mol. The minimum Gasteiger partial charge on any atom is -0.468 e. The van der Waals surface area contributed by atoms with Crippen LogP contribution in [-0.4, -0.2) is 100 Å². The van der Waals surface area contributed by atoms with Gasteiger partial charge in [0.2, 0.25) is 0 Å². The first-order valence-electron chi connectivity index (χ1n) is 16.8. The first-order valence-corrected chi connectivity index (χ1v) is 16.8. The fraction of sp³-hybridized carbons (Fsp3) is 0.368. The molecule has 0 radical (unpaired) electrons. The predicted octanol–water partition coefficient (Wildman–Crippen LogP) is 5.76. The van der Waals surface area contributed by atoms with Gasteiger partial charge in [-0.15, -0.1) is 6.42 Å². The number of anilines is 1. The number of amides is 1. The van der Waals surface area contributed by atoms with Crippen molar-refractivity contribution in [1.29, 1.82) is 0 Å². The largest absolute Gasteiger partial charge is 0.468 e. The summed E-state index contributed by atoms with van der Waals surface area (Å²) in [4.78, 5) is 31.9. The Balaban J connectivity index is 1.28. The summed E-state index contributed by atoms with van der Waals surface area (Å²) >= 11 is 0. The normalized spacial score (nSPS) is 21.1. The third kappa shape index (κ3) is 5.50. The number of terminal acetylenes is 1. The number of rotatable bonds is 8. The molecule has 0 spiro atoms. The van der Waals surface area contributed by atoms with Gasteiger partial charge in [-0.25, -0.2) is 13.6 Å². The molecule has 1 N–H and O–H groups in total. The lowest BCUT2D eigenvalue weighted by molar-refractivity contribution is 0.0512. The number of nitrogens with zero attached hydrogens (tertiary/aromatic N) is 6. The Morgan fingerprint density at radius 2 is 1.82 bits per heavy atom. The van der Waals surface area contributed by atoms with Crippen LogP contribution in [0.25, 0.3) is 32.9 Å². The number of benzene rings is 2.